The maximum absolute atomic E-state index is 2.36. The van der Waals surface area contributed by atoms with Gasteiger partial charge in [-0.25, -0.2) is 18.3 Å². The van der Waals surface area contributed by atoms with Gasteiger partial charge in [0.25, 0.3) is 0 Å². The molecule has 2 heterocycles. The second-order valence-corrected chi connectivity index (χ2v) is 14.2. The molecule has 258 valence electrons. The van der Waals surface area contributed by atoms with E-state index in [9.17, 15) is 0 Å². The van der Waals surface area contributed by atoms with Crippen molar-refractivity contribution in [2.24, 2.45) is 0 Å². The van der Waals surface area contributed by atoms with Crippen LogP contribution in [0.15, 0.2) is 61.7 Å². The molecule has 1 aromatic carbocycles. The predicted molar refractivity (Wildman–Crippen MR) is 196 cm³/mol. The van der Waals surface area contributed by atoms with Crippen molar-refractivity contribution in [2.45, 2.75) is 194 Å². The number of unbranched alkanes of at least 4 members (excludes halogenated alkanes) is 22. The Morgan fingerprint density at radius 3 is 0.978 bits per heavy atom. The van der Waals surface area contributed by atoms with Crippen molar-refractivity contribution < 1.29 is 9.13 Å². The molecule has 0 amide bonds. The fourth-order valence-corrected chi connectivity index (χ4v) is 6.77. The standard InChI is InChI=1S/C42H72N4/c1-3-5-7-9-11-13-15-17-19-21-23-25-31-43-33-35-45(39-43)37-41-27-29-42(30-28-41)38-46-36-34-44(40-46)32-26-24-22-20-18-16-14-12-10-8-6-4-2/h27-30,33-36,39-40H,3-26,31-32,37-38H2,1-2H3/q+2. The Morgan fingerprint density at radius 2 is 0.674 bits per heavy atom. The highest BCUT2D eigenvalue weighted by atomic mass is 15.1. The van der Waals surface area contributed by atoms with Gasteiger partial charge in [0.1, 0.15) is 37.9 Å². The summed E-state index contributed by atoms with van der Waals surface area (Å²) in [7, 11) is 0. The first-order chi connectivity index (χ1) is 22.8. The fourth-order valence-electron chi connectivity index (χ4n) is 6.77. The van der Waals surface area contributed by atoms with Crippen LogP contribution in [0.1, 0.15) is 179 Å². The molecule has 0 bridgehead atoms. The quantitative estimate of drug-likeness (QED) is 0.0514. The fraction of sp³-hybridized carbons (Fsp3) is 0.714. The van der Waals surface area contributed by atoms with E-state index in [1.165, 1.54) is 165 Å². The summed E-state index contributed by atoms with van der Waals surface area (Å²) in [6.45, 7) is 8.75. The van der Waals surface area contributed by atoms with Crippen molar-refractivity contribution in [3.05, 3.63) is 72.8 Å². The van der Waals surface area contributed by atoms with Gasteiger partial charge in [-0.3, -0.25) is 0 Å². The van der Waals surface area contributed by atoms with Crippen LogP contribution in [-0.4, -0.2) is 9.13 Å². The van der Waals surface area contributed by atoms with Crippen LogP contribution in [0, 0.1) is 0 Å². The molecule has 0 fully saturated rings. The molecule has 0 saturated carbocycles. The molecule has 0 aliphatic rings. The van der Waals surface area contributed by atoms with Crippen LogP contribution >= 0.6 is 0 Å². The van der Waals surface area contributed by atoms with Gasteiger partial charge in [0.15, 0.2) is 0 Å². The first-order valence-corrected chi connectivity index (χ1v) is 19.9. The van der Waals surface area contributed by atoms with E-state index in [2.05, 4.69) is 93.8 Å². The summed E-state index contributed by atoms with van der Waals surface area (Å²) >= 11 is 0. The molecule has 4 nitrogen and oxygen atoms in total. The third-order valence-electron chi connectivity index (χ3n) is 9.79. The highest BCUT2D eigenvalue weighted by Crippen LogP contribution is 2.14. The van der Waals surface area contributed by atoms with E-state index in [0.29, 0.717) is 0 Å². The average Bonchev–Trinajstić information content (AvgIpc) is 3.72. The zero-order chi connectivity index (χ0) is 32.3. The molecule has 0 N–H and O–H groups in total. The lowest BCUT2D eigenvalue weighted by atomic mass is 10.1. The number of aryl methyl sites for hydroxylation is 2. The Morgan fingerprint density at radius 1 is 0.391 bits per heavy atom. The maximum atomic E-state index is 2.36. The van der Waals surface area contributed by atoms with Crippen LogP contribution in [0.5, 0.6) is 0 Å². The lowest BCUT2D eigenvalue weighted by molar-refractivity contribution is -0.688. The predicted octanol–water partition coefficient (Wildman–Crippen LogP) is 11.4. The molecular weight excluding hydrogens is 560 g/mol. The second kappa shape index (κ2) is 25.7. The van der Waals surface area contributed by atoms with Crippen molar-refractivity contribution in [1.29, 1.82) is 0 Å². The van der Waals surface area contributed by atoms with Gasteiger partial charge in [-0.05, 0) is 36.8 Å². The van der Waals surface area contributed by atoms with Gasteiger partial charge in [-0.15, -0.1) is 0 Å². The molecule has 0 saturated heterocycles. The average molecular weight is 633 g/mol. The number of nitrogens with zero attached hydrogens (tertiary/aromatic N) is 4. The van der Waals surface area contributed by atoms with Crippen molar-refractivity contribution in [2.75, 3.05) is 0 Å². The van der Waals surface area contributed by atoms with Crippen molar-refractivity contribution in [3.63, 3.8) is 0 Å². The van der Waals surface area contributed by atoms with Crippen LogP contribution < -0.4 is 9.13 Å². The van der Waals surface area contributed by atoms with E-state index in [0.717, 1.165) is 26.2 Å². The number of aromatic nitrogens is 4. The SMILES string of the molecule is CCCCCCCCCCCCCCn1cc[n+](Cc2ccc(C[n+]3ccn(CCCCCCCCCCCCCC)c3)cc2)c1. The summed E-state index contributed by atoms with van der Waals surface area (Å²) in [5.74, 6) is 0. The van der Waals surface area contributed by atoms with Gasteiger partial charge in [0.05, 0.1) is 13.1 Å². The first-order valence-electron chi connectivity index (χ1n) is 19.9. The molecule has 0 radical (unpaired) electrons. The van der Waals surface area contributed by atoms with E-state index in [-0.39, 0.29) is 0 Å². The number of imidazole rings is 2. The normalized spacial score (nSPS) is 11.5. The van der Waals surface area contributed by atoms with E-state index in [1.54, 1.807) is 0 Å². The van der Waals surface area contributed by atoms with Gasteiger partial charge in [0, 0.05) is 0 Å². The summed E-state index contributed by atoms with van der Waals surface area (Å²) in [6, 6.07) is 9.20. The molecule has 0 atom stereocenters. The minimum Gasteiger partial charge on any atom is -0.237 e. The van der Waals surface area contributed by atoms with Gasteiger partial charge in [-0.1, -0.05) is 167 Å². The molecule has 2 aromatic heterocycles. The van der Waals surface area contributed by atoms with Gasteiger partial charge < -0.3 is 0 Å². The van der Waals surface area contributed by atoms with Crippen LogP contribution in [0.4, 0.5) is 0 Å². The Balaban J connectivity index is 1.20. The third kappa shape index (κ3) is 18.1. The summed E-state index contributed by atoms with van der Waals surface area (Å²) < 4.78 is 9.37. The monoisotopic (exact) mass is 633 g/mol. The van der Waals surface area contributed by atoms with Crippen molar-refractivity contribution in [3.8, 4) is 0 Å². The molecule has 3 aromatic rings. The van der Waals surface area contributed by atoms with Gasteiger partial charge in [-0.2, -0.15) is 0 Å². The van der Waals surface area contributed by atoms with Gasteiger partial charge in [0.2, 0.25) is 12.7 Å². The third-order valence-corrected chi connectivity index (χ3v) is 9.79. The summed E-state index contributed by atoms with van der Waals surface area (Å²) in [4.78, 5) is 0. The number of hydrogen-bond acceptors (Lipinski definition) is 0. The summed E-state index contributed by atoms with van der Waals surface area (Å²) in [6.07, 6.45) is 47.3. The van der Waals surface area contributed by atoms with E-state index in [1.807, 2.05) is 0 Å². The summed E-state index contributed by atoms with van der Waals surface area (Å²) in [5, 5.41) is 0. The maximum Gasteiger partial charge on any atom is 0.244 e. The molecular formula is C42H72N4+2. The van der Waals surface area contributed by atoms with E-state index < -0.39 is 0 Å². The molecule has 4 heteroatoms. The number of benzene rings is 1. The minimum absolute atomic E-state index is 0.939. The first kappa shape index (κ1) is 38.1. The number of hydrogen-bond donors (Lipinski definition) is 0. The van der Waals surface area contributed by atoms with Gasteiger partial charge >= 0.3 is 0 Å². The van der Waals surface area contributed by atoms with E-state index >= 15 is 0 Å². The van der Waals surface area contributed by atoms with Crippen LogP contribution in [-0.2, 0) is 26.2 Å². The summed E-state index contributed by atoms with van der Waals surface area (Å²) in [5.41, 5.74) is 2.73. The lowest BCUT2D eigenvalue weighted by Gasteiger charge is -2.03. The Hall–Kier alpha value is -2.36. The molecule has 0 unspecified atom stereocenters. The zero-order valence-electron chi connectivity index (χ0n) is 30.4. The topological polar surface area (TPSA) is 17.6 Å². The molecule has 3 rings (SSSR count). The molecule has 46 heavy (non-hydrogen) atoms. The van der Waals surface area contributed by atoms with Crippen LogP contribution in [0.2, 0.25) is 0 Å². The molecule has 0 aliphatic heterocycles. The molecule has 0 aliphatic carbocycles. The van der Waals surface area contributed by atoms with Crippen LogP contribution in [0.25, 0.3) is 0 Å². The number of rotatable bonds is 30. The smallest absolute Gasteiger partial charge is 0.237 e. The van der Waals surface area contributed by atoms with Crippen molar-refractivity contribution >= 4 is 0 Å². The largest absolute Gasteiger partial charge is 0.244 e. The molecule has 0 spiro atoms. The highest BCUT2D eigenvalue weighted by molar-refractivity contribution is 5.21. The lowest BCUT2D eigenvalue weighted by Crippen LogP contribution is -2.32. The highest BCUT2D eigenvalue weighted by Gasteiger charge is 2.08. The Kier molecular flexibility index (Phi) is 21.3. The van der Waals surface area contributed by atoms with Crippen LogP contribution in [0.3, 0.4) is 0 Å². The van der Waals surface area contributed by atoms with Crippen molar-refractivity contribution in [1.82, 2.24) is 9.13 Å². The Labute approximate surface area is 284 Å². The van der Waals surface area contributed by atoms with E-state index in [4.69, 9.17) is 0 Å². The Bertz CT molecular complexity index is 1010. The second-order valence-electron chi connectivity index (χ2n) is 14.2. The minimum atomic E-state index is 0.939. The zero-order valence-corrected chi connectivity index (χ0v) is 30.4.